The van der Waals surface area contributed by atoms with Crippen LogP contribution in [-0.4, -0.2) is 32.5 Å². The van der Waals surface area contributed by atoms with Crippen molar-refractivity contribution in [1.29, 1.82) is 0 Å². The van der Waals surface area contributed by atoms with Gasteiger partial charge in [-0.05, 0) is 35.9 Å². The van der Waals surface area contributed by atoms with Crippen LogP contribution in [-0.2, 0) is 20.3 Å². The van der Waals surface area contributed by atoms with Crippen molar-refractivity contribution in [2.24, 2.45) is 0 Å². The number of carbonyl (C=O) groups is 1. The van der Waals surface area contributed by atoms with Gasteiger partial charge in [0.1, 0.15) is 12.4 Å². The van der Waals surface area contributed by atoms with E-state index in [4.69, 9.17) is 9.47 Å². The number of halogens is 1. The molecule has 0 radical (unpaired) electrons. The van der Waals surface area contributed by atoms with Gasteiger partial charge in [-0.3, -0.25) is 0 Å². The fraction of sp³-hybridized carbons (Fsp3) is 0.211. The van der Waals surface area contributed by atoms with E-state index in [0.29, 0.717) is 11.3 Å². The molecule has 0 heterocycles. The third-order valence-corrected chi connectivity index (χ3v) is 6.31. The minimum absolute atomic E-state index is 0.214. The maximum Gasteiger partial charge on any atom is 0.337 e. The number of hydrogen-bond acceptors (Lipinski definition) is 5. The highest BCUT2D eigenvalue weighted by Crippen LogP contribution is 2.26. The highest BCUT2D eigenvalue weighted by Gasteiger charge is 2.20. The molecule has 26 heavy (non-hydrogen) atoms. The summed E-state index contributed by atoms with van der Waals surface area (Å²) < 4.78 is 36.6. The molecular formula is C19H19IO5S. The van der Waals surface area contributed by atoms with Crippen LogP contribution in [0.4, 0.5) is 0 Å². The number of rotatable bonds is 8. The van der Waals surface area contributed by atoms with Gasteiger partial charge in [-0.2, -0.15) is 0 Å². The molecule has 0 aliphatic rings. The molecule has 0 N–H and O–H groups in total. The second-order valence-corrected chi connectivity index (χ2v) is 8.31. The van der Waals surface area contributed by atoms with Crippen molar-refractivity contribution in [1.82, 2.24) is 0 Å². The Kier molecular flexibility index (Phi) is 7.22. The molecule has 2 aromatic carbocycles. The number of esters is 1. The first kappa shape index (κ1) is 20.4. The molecule has 0 aliphatic carbocycles. The molecule has 0 amide bonds. The van der Waals surface area contributed by atoms with Gasteiger partial charge < -0.3 is 9.47 Å². The Labute approximate surface area is 167 Å². The fourth-order valence-electron chi connectivity index (χ4n) is 2.21. The third-order valence-electron chi connectivity index (χ3n) is 3.55. The third kappa shape index (κ3) is 5.31. The molecule has 0 aromatic heterocycles. The lowest BCUT2D eigenvalue weighted by atomic mass is 10.1. The molecule has 2 rings (SSSR count). The summed E-state index contributed by atoms with van der Waals surface area (Å²) in [7, 11) is -2.31. The lowest BCUT2D eigenvalue weighted by molar-refractivity contribution is 0.0600. The molecule has 7 heteroatoms. The fourth-order valence-corrected chi connectivity index (χ4v) is 3.81. The topological polar surface area (TPSA) is 69.7 Å². The number of benzene rings is 2. The monoisotopic (exact) mass is 486 g/mol. The van der Waals surface area contributed by atoms with Crippen molar-refractivity contribution in [2.75, 3.05) is 18.1 Å². The number of hydrogen-bond donors (Lipinski definition) is 0. The second kappa shape index (κ2) is 9.18. The van der Waals surface area contributed by atoms with Crippen molar-refractivity contribution in [2.45, 2.75) is 10.6 Å². The van der Waals surface area contributed by atoms with Gasteiger partial charge in [0.05, 0.1) is 23.3 Å². The van der Waals surface area contributed by atoms with Gasteiger partial charge in [0.15, 0.2) is 9.84 Å². The molecule has 0 saturated carbocycles. The number of ether oxygens (including phenoxy) is 2. The van der Waals surface area contributed by atoms with Gasteiger partial charge in [0.25, 0.3) is 0 Å². The molecule has 5 nitrogen and oxygen atoms in total. The van der Waals surface area contributed by atoms with E-state index in [1.54, 1.807) is 30.3 Å². The largest absolute Gasteiger partial charge is 0.489 e. The van der Waals surface area contributed by atoms with Crippen molar-refractivity contribution in [3.63, 3.8) is 0 Å². The van der Waals surface area contributed by atoms with E-state index >= 15 is 0 Å². The lowest BCUT2D eigenvalue weighted by Crippen LogP contribution is -2.10. The Morgan fingerprint density at radius 3 is 2.46 bits per heavy atom. The molecule has 0 aliphatic heterocycles. The molecule has 0 bridgehead atoms. The molecule has 2 aromatic rings. The van der Waals surface area contributed by atoms with Crippen LogP contribution in [0.5, 0.6) is 5.75 Å². The Hall–Kier alpha value is -1.87. The normalized spacial score (nSPS) is 11.0. The van der Waals surface area contributed by atoms with Crippen molar-refractivity contribution in [3.8, 4) is 5.75 Å². The first-order valence-corrected chi connectivity index (χ1v) is 10.9. The number of alkyl halides is 1. The van der Waals surface area contributed by atoms with Gasteiger partial charge in [0.2, 0.25) is 0 Å². The predicted octanol–water partition coefficient (Wildman–Crippen LogP) is 3.82. The Bertz CT molecular complexity index is 891. The molecule has 0 fully saturated rings. The number of carbonyl (C=O) groups excluding carboxylic acids is 1. The minimum atomic E-state index is -3.59. The molecule has 0 unspecified atom stereocenters. The van der Waals surface area contributed by atoms with Gasteiger partial charge in [-0.1, -0.05) is 47.4 Å². The van der Waals surface area contributed by atoms with Crippen molar-refractivity contribution in [3.05, 3.63) is 71.8 Å². The summed E-state index contributed by atoms with van der Waals surface area (Å²) in [6.07, 6.45) is 0. The lowest BCUT2D eigenvalue weighted by Gasteiger charge is -2.14. The summed E-state index contributed by atoms with van der Waals surface area (Å²) in [5.74, 6) is -0.414. The summed E-state index contributed by atoms with van der Waals surface area (Å²) in [5.41, 5.74) is 1.54. The van der Waals surface area contributed by atoms with Crippen LogP contribution in [0.3, 0.4) is 0 Å². The number of methoxy groups -OCH3 is 1. The Balaban J connectivity index is 2.38. The van der Waals surface area contributed by atoms with Gasteiger partial charge in [-0.15, -0.1) is 0 Å². The SMILES string of the molecule is C=C(CI)COc1ccc(C(=O)OC)cc1CS(=O)(=O)c1ccccc1. The smallest absolute Gasteiger partial charge is 0.337 e. The highest BCUT2D eigenvalue weighted by molar-refractivity contribution is 14.1. The zero-order valence-corrected chi connectivity index (χ0v) is 17.2. The maximum atomic E-state index is 12.7. The average molecular weight is 486 g/mol. The van der Waals surface area contributed by atoms with Crippen LogP contribution >= 0.6 is 22.6 Å². The molecular weight excluding hydrogens is 467 g/mol. The summed E-state index contributed by atoms with van der Waals surface area (Å²) >= 11 is 2.18. The summed E-state index contributed by atoms with van der Waals surface area (Å²) in [5, 5.41) is 0. The average Bonchev–Trinajstić information content (AvgIpc) is 2.66. The van der Waals surface area contributed by atoms with E-state index in [0.717, 1.165) is 10.0 Å². The second-order valence-electron chi connectivity index (χ2n) is 5.56. The zero-order chi connectivity index (χ0) is 19.2. The van der Waals surface area contributed by atoms with E-state index < -0.39 is 15.8 Å². The predicted molar refractivity (Wildman–Crippen MR) is 109 cm³/mol. The number of sulfone groups is 1. The van der Waals surface area contributed by atoms with Gasteiger partial charge in [-0.25, -0.2) is 13.2 Å². The van der Waals surface area contributed by atoms with E-state index in [9.17, 15) is 13.2 Å². The van der Waals surface area contributed by atoms with Gasteiger partial charge in [0, 0.05) is 9.99 Å². The first-order valence-electron chi connectivity index (χ1n) is 7.72. The van der Waals surface area contributed by atoms with Gasteiger partial charge >= 0.3 is 5.97 Å². The van der Waals surface area contributed by atoms with Crippen molar-refractivity contribution < 1.29 is 22.7 Å². The van der Waals surface area contributed by atoms with E-state index in [1.807, 2.05) is 0 Å². The highest BCUT2D eigenvalue weighted by atomic mass is 127. The zero-order valence-electron chi connectivity index (χ0n) is 14.3. The van der Waals surface area contributed by atoms with Crippen LogP contribution in [0.25, 0.3) is 0 Å². The van der Waals surface area contributed by atoms with Crippen LogP contribution in [0, 0.1) is 0 Å². The van der Waals surface area contributed by atoms with Crippen LogP contribution in [0.2, 0.25) is 0 Å². The summed E-state index contributed by atoms with van der Waals surface area (Å²) in [4.78, 5) is 12.0. The van der Waals surface area contributed by atoms with Crippen molar-refractivity contribution >= 4 is 38.4 Å². The Morgan fingerprint density at radius 2 is 1.85 bits per heavy atom. The summed E-state index contributed by atoms with van der Waals surface area (Å²) in [6, 6.07) is 12.8. The standard InChI is InChI=1S/C19H19IO5S/c1-14(11-20)12-25-18-9-8-15(19(21)24-2)10-16(18)13-26(22,23)17-6-4-3-5-7-17/h3-10H,1,11-13H2,2H3. The van der Waals surface area contributed by atoms with Crippen LogP contribution in [0.15, 0.2) is 65.6 Å². The maximum absolute atomic E-state index is 12.7. The van der Waals surface area contributed by atoms with E-state index in [-0.39, 0.29) is 22.8 Å². The van der Waals surface area contributed by atoms with Crippen LogP contribution < -0.4 is 4.74 Å². The van der Waals surface area contributed by atoms with E-state index in [2.05, 4.69) is 29.2 Å². The summed E-state index contributed by atoms with van der Waals surface area (Å²) in [6.45, 7) is 4.15. The quantitative estimate of drug-likeness (QED) is 0.246. The molecule has 0 atom stereocenters. The Morgan fingerprint density at radius 1 is 1.15 bits per heavy atom. The molecule has 0 saturated heterocycles. The van der Waals surface area contributed by atoms with Crippen LogP contribution in [0.1, 0.15) is 15.9 Å². The molecule has 0 spiro atoms. The minimum Gasteiger partial charge on any atom is -0.489 e. The first-order chi connectivity index (χ1) is 12.4. The molecule has 138 valence electrons. The van der Waals surface area contributed by atoms with E-state index in [1.165, 1.54) is 25.3 Å².